The molecule has 0 radical (unpaired) electrons. The molecule has 2 amide bonds. The minimum absolute atomic E-state index is 0.249. The van der Waals surface area contributed by atoms with Gasteiger partial charge in [0.1, 0.15) is 10.6 Å². The van der Waals surface area contributed by atoms with E-state index in [1.165, 1.54) is 11.3 Å². The van der Waals surface area contributed by atoms with E-state index in [1.807, 2.05) is 38.1 Å². The number of carbonyl (C=O) groups is 2. The predicted molar refractivity (Wildman–Crippen MR) is 109 cm³/mol. The first-order valence-corrected chi connectivity index (χ1v) is 9.60. The molecule has 0 atom stereocenters. The second kappa shape index (κ2) is 8.17. The molecule has 1 heterocycles. The van der Waals surface area contributed by atoms with Crippen LogP contribution in [0.25, 0.3) is 10.1 Å². The highest BCUT2D eigenvalue weighted by molar-refractivity contribution is 7.21. The SMILES string of the molecule is Cc1cc(OCC(=O)NNC(=O)c2sc3ccccc3c2Cl)cc(C)c1Cl. The molecule has 140 valence electrons. The number of fused-ring (bicyclic) bond motifs is 1. The van der Waals surface area contributed by atoms with E-state index in [4.69, 9.17) is 27.9 Å². The van der Waals surface area contributed by atoms with Crippen LogP contribution in [0.5, 0.6) is 5.75 Å². The van der Waals surface area contributed by atoms with Gasteiger partial charge in [-0.2, -0.15) is 0 Å². The van der Waals surface area contributed by atoms with Crippen molar-refractivity contribution in [1.29, 1.82) is 0 Å². The third kappa shape index (κ3) is 4.35. The standard InChI is InChI=1S/C19H16Cl2N2O3S/c1-10-7-12(8-11(2)16(10)20)26-9-15(24)22-23-19(25)18-17(21)13-5-3-4-6-14(13)27-18/h3-8H,9H2,1-2H3,(H,22,24)(H,23,25). The van der Waals surface area contributed by atoms with Crippen molar-refractivity contribution in [3.63, 3.8) is 0 Å². The highest BCUT2D eigenvalue weighted by Crippen LogP contribution is 2.34. The summed E-state index contributed by atoms with van der Waals surface area (Å²) in [5.74, 6) is -0.443. The first-order valence-electron chi connectivity index (χ1n) is 8.02. The summed E-state index contributed by atoms with van der Waals surface area (Å²) >= 11 is 13.6. The van der Waals surface area contributed by atoms with Crippen LogP contribution in [0, 0.1) is 13.8 Å². The minimum atomic E-state index is -0.495. The van der Waals surface area contributed by atoms with Crippen LogP contribution >= 0.6 is 34.5 Å². The topological polar surface area (TPSA) is 67.4 Å². The summed E-state index contributed by atoms with van der Waals surface area (Å²) in [6.07, 6.45) is 0. The lowest BCUT2D eigenvalue weighted by atomic mass is 10.1. The van der Waals surface area contributed by atoms with Crippen LogP contribution < -0.4 is 15.6 Å². The fourth-order valence-corrected chi connectivity index (χ4v) is 4.04. The van der Waals surface area contributed by atoms with E-state index >= 15 is 0 Å². The third-order valence-electron chi connectivity index (χ3n) is 3.84. The highest BCUT2D eigenvalue weighted by Gasteiger charge is 2.17. The van der Waals surface area contributed by atoms with Crippen molar-refractivity contribution in [2.24, 2.45) is 0 Å². The van der Waals surface area contributed by atoms with E-state index in [0.29, 0.717) is 20.7 Å². The van der Waals surface area contributed by atoms with Gasteiger partial charge >= 0.3 is 0 Å². The smallest absolute Gasteiger partial charge is 0.281 e. The van der Waals surface area contributed by atoms with E-state index in [0.717, 1.165) is 21.2 Å². The molecule has 0 fully saturated rings. The van der Waals surface area contributed by atoms with Gasteiger partial charge in [0.15, 0.2) is 6.61 Å². The molecule has 5 nitrogen and oxygen atoms in total. The van der Waals surface area contributed by atoms with Crippen molar-refractivity contribution < 1.29 is 14.3 Å². The monoisotopic (exact) mass is 422 g/mol. The second-order valence-electron chi connectivity index (χ2n) is 5.90. The maximum Gasteiger partial charge on any atom is 0.281 e. The number of hydrogen-bond donors (Lipinski definition) is 2. The number of ether oxygens (including phenoxy) is 1. The van der Waals surface area contributed by atoms with E-state index < -0.39 is 11.8 Å². The fourth-order valence-electron chi connectivity index (χ4n) is 2.52. The fraction of sp³-hybridized carbons (Fsp3) is 0.158. The van der Waals surface area contributed by atoms with Gasteiger partial charge in [0.2, 0.25) is 0 Å². The van der Waals surface area contributed by atoms with Gasteiger partial charge in [-0.05, 0) is 43.2 Å². The highest BCUT2D eigenvalue weighted by atomic mass is 35.5. The molecule has 2 aromatic carbocycles. The van der Waals surface area contributed by atoms with Gasteiger partial charge in [0.05, 0.1) is 5.02 Å². The number of halogens is 2. The summed E-state index contributed by atoms with van der Waals surface area (Å²) < 4.78 is 6.35. The van der Waals surface area contributed by atoms with Crippen LogP contribution in [0.2, 0.25) is 10.0 Å². The summed E-state index contributed by atoms with van der Waals surface area (Å²) in [5, 5.41) is 1.84. The molecule has 1 aromatic heterocycles. The maximum atomic E-state index is 12.3. The largest absolute Gasteiger partial charge is 0.484 e. The molecule has 0 aliphatic carbocycles. The van der Waals surface area contributed by atoms with E-state index in [2.05, 4.69) is 10.9 Å². The first kappa shape index (κ1) is 19.5. The zero-order valence-corrected chi connectivity index (χ0v) is 16.9. The van der Waals surface area contributed by atoms with Crippen LogP contribution in [0.4, 0.5) is 0 Å². The Morgan fingerprint density at radius 3 is 2.37 bits per heavy atom. The Balaban J connectivity index is 1.57. The van der Waals surface area contributed by atoms with E-state index in [1.54, 1.807) is 12.1 Å². The molecule has 2 N–H and O–H groups in total. The average molecular weight is 423 g/mol. The molecular formula is C19H16Cl2N2O3S. The summed E-state index contributed by atoms with van der Waals surface area (Å²) in [4.78, 5) is 24.6. The van der Waals surface area contributed by atoms with E-state index in [9.17, 15) is 9.59 Å². The Morgan fingerprint density at radius 2 is 1.70 bits per heavy atom. The van der Waals surface area contributed by atoms with Crippen LogP contribution in [0.1, 0.15) is 20.8 Å². The number of hydrogen-bond acceptors (Lipinski definition) is 4. The number of amides is 2. The molecule has 3 aromatic rings. The number of hydrazine groups is 1. The van der Waals surface area contributed by atoms with Gasteiger partial charge in [-0.1, -0.05) is 41.4 Å². The van der Waals surface area contributed by atoms with Crippen molar-refractivity contribution in [2.45, 2.75) is 13.8 Å². The Labute approximate surface area is 170 Å². The minimum Gasteiger partial charge on any atom is -0.484 e. The lowest BCUT2D eigenvalue weighted by Crippen LogP contribution is -2.43. The van der Waals surface area contributed by atoms with Gasteiger partial charge in [0, 0.05) is 15.1 Å². The molecular weight excluding hydrogens is 407 g/mol. The van der Waals surface area contributed by atoms with Crippen LogP contribution in [-0.2, 0) is 4.79 Å². The van der Waals surface area contributed by atoms with Crippen LogP contribution in [-0.4, -0.2) is 18.4 Å². The van der Waals surface area contributed by atoms with E-state index in [-0.39, 0.29) is 6.61 Å². The molecule has 0 spiro atoms. The Hall–Kier alpha value is -2.28. The molecule has 3 rings (SSSR count). The molecule has 0 aliphatic rings. The zero-order chi connectivity index (χ0) is 19.6. The number of carbonyl (C=O) groups excluding carboxylic acids is 2. The number of thiophene rings is 1. The lowest BCUT2D eigenvalue weighted by Gasteiger charge is -2.10. The molecule has 0 saturated carbocycles. The number of benzene rings is 2. The quantitative estimate of drug-likeness (QED) is 0.600. The van der Waals surface area contributed by atoms with Crippen LogP contribution in [0.3, 0.4) is 0 Å². The normalized spacial score (nSPS) is 10.7. The average Bonchev–Trinajstić information content (AvgIpc) is 2.99. The Bertz CT molecular complexity index is 1010. The summed E-state index contributed by atoms with van der Waals surface area (Å²) in [5.41, 5.74) is 6.40. The van der Waals surface area contributed by atoms with Crippen molar-refractivity contribution in [3.8, 4) is 5.75 Å². The third-order valence-corrected chi connectivity index (χ3v) is 6.11. The summed E-state index contributed by atoms with van der Waals surface area (Å²) in [6, 6.07) is 10.9. The lowest BCUT2D eigenvalue weighted by molar-refractivity contribution is -0.123. The molecule has 27 heavy (non-hydrogen) atoms. The second-order valence-corrected chi connectivity index (χ2v) is 7.71. The Kier molecular flexibility index (Phi) is 5.89. The number of aryl methyl sites for hydroxylation is 2. The summed E-state index contributed by atoms with van der Waals surface area (Å²) in [7, 11) is 0. The maximum absolute atomic E-state index is 12.3. The summed E-state index contributed by atoms with van der Waals surface area (Å²) in [6.45, 7) is 3.47. The zero-order valence-electron chi connectivity index (χ0n) is 14.6. The molecule has 8 heteroatoms. The Morgan fingerprint density at radius 1 is 1.04 bits per heavy atom. The van der Waals surface area contributed by atoms with Gasteiger partial charge in [-0.3, -0.25) is 20.4 Å². The van der Waals surface area contributed by atoms with Gasteiger partial charge in [0.25, 0.3) is 11.8 Å². The van der Waals surface area contributed by atoms with Gasteiger partial charge < -0.3 is 4.74 Å². The molecule has 0 aliphatic heterocycles. The van der Waals surface area contributed by atoms with Gasteiger partial charge in [-0.15, -0.1) is 11.3 Å². The van der Waals surface area contributed by atoms with Crippen molar-refractivity contribution in [1.82, 2.24) is 10.9 Å². The first-order chi connectivity index (χ1) is 12.9. The van der Waals surface area contributed by atoms with Crippen molar-refractivity contribution >= 4 is 56.4 Å². The van der Waals surface area contributed by atoms with Crippen molar-refractivity contribution in [2.75, 3.05) is 6.61 Å². The van der Waals surface area contributed by atoms with Crippen LogP contribution in [0.15, 0.2) is 36.4 Å². The molecule has 0 bridgehead atoms. The molecule has 0 saturated heterocycles. The number of nitrogens with one attached hydrogen (secondary N) is 2. The molecule has 0 unspecified atom stereocenters. The van der Waals surface area contributed by atoms with Gasteiger partial charge in [-0.25, -0.2) is 0 Å². The number of rotatable bonds is 4. The predicted octanol–water partition coefficient (Wildman–Crippen LogP) is 4.66. The van der Waals surface area contributed by atoms with Crippen molar-refractivity contribution in [3.05, 3.63) is 62.4 Å².